The van der Waals surface area contributed by atoms with Gasteiger partial charge in [-0.15, -0.1) is 0 Å². The molecule has 0 amide bonds. The van der Waals surface area contributed by atoms with Crippen molar-refractivity contribution in [3.63, 3.8) is 0 Å². The third-order valence-corrected chi connectivity index (χ3v) is 3.57. The SMILES string of the molecule is CCn1c(COc2ccccc2F)cc2cccc(N)c21. The molecule has 0 aliphatic carbocycles. The van der Waals surface area contributed by atoms with Crippen LogP contribution in [0.25, 0.3) is 10.9 Å². The highest BCUT2D eigenvalue weighted by Crippen LogP contribution is 2.26. The highest BCUT2D eigenvalue weighted by molar-refractivity contribution is 5.91. The van der Waals surface area contributed by atoms with Gasteiger partial charge in [-0.2, -0.15) is 0 Å². The van der Waals surface area contributed by atoms with Crippen molar-refractivity contribution in [2.75, 3.05) is 5.73 Å². The van der Waals surface area contributed by atoms with E-state index in [1.54, 1.807) is 18.2 Å². The fourth-order valence-electron chi connectivity index (χ4n) is 2.60. The first-order valence-electron chi connectivity index (χ1n) is 6.94. The van der Waals surface area contributed by atoms with E-state index in [0.717, 1.165) is 28.8 Å². The standard InChI is InChI=1S/C17H17FN2O/c1-2-20-13(10-12-6-5-8-15(19)17(12)20)11-21-16-9-4-3-7-14(16)18/h3-10H,2,11,19H2,1H3. The van der Waals surface area contributed by atoms with Crippen molar-refractivity contribution < 1.29 is 9.13 Å². The fraction of sp³-hybridized carbons (Fsp3) is 0.176. The van der Waals surface area contributed by atoms with E-state index in [1.165, 1.54) is 6.07 Å². The molecule has 1 aromatic heterocycles. The van der Waals surface area contributed by atoms with Crippen LogP contribution in [0.15, 0.2) is 48.5 Å². The first-order valence-corrected chi connectivity index (χ1v) is 6.94. The molecule has 1 heterocycles. The van der Waals surface area contributed by atoms with E-state index in [1.807, 2.05) is 24.3 Å². The van der Waals surface area contributed by atoms with Crippen molar-refractivity contribution in [3.8, 4) is 5.75 Å². The molecule has 108 valence electrons. The number of nitrogen functional groups attached to an aromatic ring is 1. The molecule has 4 heteroatoms. The summed E-state index contributed by atoms with van der Waals surface area (Å²) in [7, 11) is 0. The molecule has 0 bridgehead atoms. The maximum absolute atomic E-state index is 13.6. The highest BCUT2D eigenvalue weighted by Gasteiger charge is 2.11. The van der Waals surface area contributed by atoms with E-state index in [-0.39, 0.29) is 11.6 Å². The van der Waals surface area contributed by atoms with Crippen LogP contribution in [-0.2, 0) is 13.2 Å². The number of benzene rings is 2. The summed E-state index contributed by atoms with van der Waals surface area (Å²) in [6.07, 6.45) is 0. The summed E-state index contributed by atoms with van der Waals surface area (Å²) in [6.45, 7) is 3.15. The van der Waals surface area contributed by atoms with Gasteiger partial charge < -0.3 is 15.0 Å². The number of aryl methyl sites for hydroxylation is 1. The second kappa shape index (κ2) is 5.48. The van der Waals surface area contributed by atoms with Gasteiger partial charge in [-0.1, -0.05) is 24.3 Å². The van der Waals surface area contributed by atoms with Crippen molar-refractivity contribution in [2.24, 2.45) is 0 Å². The van der Waals surface area contributed by atoms with Crippen LogP contribution in [-0.4, -0.2) is 4.57 Å². The lowest BCUT2D eigenvalue weighted by Gasteiger charge is -2.11. The summed E-state index contributed by atoms with van der Waals surface area (Å²) in [5.41, 5.74) is 8.78. The molecule has 0 aliphatic heterocycles. The van der Waals surface area contributed by atoms with Gasteiger partial charge in [0.25, 0.3) is 0 Å². The minimum Gasteiger partial charge on any atom is -0.484 e. The predicted octanol–water partition coefficient (Wildman–Crippen LogP) is 3.96. The number of hydrogen-bond acceptors (Lipinski definition) is 2. The zero-order valence-corrected chi connectivity index (χ0v) is 11.8. The minimum atomic E-state index is -0.351. The second-order valence-corrected chi connectivity index (χ2v) is 4.88. The van der Waals surface area contributed by atoms with E-state index in [4.69, 9.17) is 10.5 Å². The lowest BCUT2D eigenvalue weighted by atomic mass is 10.2. The third-order valence-electron chi connectivity index (χ3n) is 3.57. The molecule has 0 unspecified atom stereocenters. The van der Waals surface area contributed by atoms with Crippen molar-refractivity contribution >= 4 is 16.6 Å². The van der Waals surface area contributed by atoms with E-state index in [0.29, 0.717) is 6.61 Å². The number of halogens is 1. The Morgan fingerprint density at radius 1 is 1.14 bits per heavy atom. The molecule has 2 aromatic carbocycles. The Kier molecular flexibility index (Phi) is 3.52. The normalized spacial score (nSPS) is 11.0. The highest BCUT2D eigenvalue weighted by atomic mass is 19.1. The quantitative estimate of drug-likeness (QED) is 0.737. The molecular weight excluding hydrogens is 267 g/mol. The summed E-state index contributed by atoms with van der Waals surface area (Å²) in [5.74, 6) is -0.0884. The number of rotatable bonds is 4. The molecule has 0 spiro atoms. The maximum atomic E-state index is 13.6. The molecule has 0 radical (unpaired) electrons. The van der Waals surface area contributed by atoms with Crippen LogP contribution in [0.4, 0.5) is 10.1 Å². The van der Waals surface area contributed by atoms with Gasteiger partial charge in [-0.05, 0) is 31.2 Å². The van der Waals surface area contributed by atoms with Crippen LogP contribution in [0, 0.1) is 5.82 Å². The van der Waals surface area contributed by atoms with Crippen LogP contribution >= 0.6 is 0 Å². The van der Waals surface area contributed by atoms with E-state index in [2.05, 4.69) is 11.5 Å². The number of aromatic nitrogens is 1. The van der Waals surface area contributed by atoms with E-state index in [9.17, 15) is 4.39 Å². The van der Waals surface area contributed by atoms with Crippen LogP contribution in [0.2, 0.25) is 0 Å². The van der Waals surface area contributed by atoms with Gasteiger partial charge in [0.1, 0.15) is 6.61 Å². The zero-order chi connectivity index (χ0) is 14.8. The van der Waals surface area contributed by atoms with Gasteiger partial charge in [-0.25, -0.2) is 4.39 Å². The van der Waals surface area contributed by atoms with Crippen molar-refractivity contribution in [2.45, 2.75) is 20.1 Å². The second-order valence-electron chi connectivity index (χ2n) is 4.88. The van der Waals surface area contributed by atoms with Gasteiger partial charge in [0.2, 0.25) is 0 Å². The van der Waals surface area contributed by atoms with Gasteiger partial charge in [0.15, 0.2) is 11.6 Å². The average molecular weight is 284 g/mol. The molecule has 0 saturated heterocycles. The lowest BCUT2D eigenvalue weighted by molar-refractivity contribution is 0.281. The van der Waals surface area contributed by atoms with E-state index >= 15 is 0 Å². The average Bonchev–Trinajstić information content (AvgIpc) is 2.85. The summed E-state index contributed by atoms with van der Waals surface area (Å²) in [5, 5.41) is 1.07. The van der Waals surface area contributed by atoms with E-state index < -0.39 is 0 Å². The topological polar surface area (TPSA) is 40.2 Å². The van der Waals surface area contributed by atoms with Gasteiger partial charge >= 0.3 is 0 Å². The van der Waals surface area contributed by atoms with Crippen LogP contribution in [0.3, 0.4) is 0 Å². The summed E-state index contributed by atoms with van der Waals surface area (Å²) in [4.78, 5) is 0. The van der Waals surface area contributed by atoms with Gasteiger partial charge in [0.05, 0.1) is 16.9 Å². The Labute approximate surface area is 122 Å². The zero-order valence-electron chi connectivity index (χ0n) is 11.8. The number of para-hydroxylation sites is 2. The number of nitrogens with two attached hydrogens (primary N) is 1. The Hall–Kier alpha value is -2.49. The number of fused-ring (bicyclic) bond motifs is 1. The molecule has 0 atom stereocenters. The van der Waals surface area contributed by atoms with Crippen LogP contribution < -0.4 is 10.5 Å². The minimum absolute atomic E-state index is 0.262. The molecule has 0 fully saturated rings. The molecule has 3 rings (SSSR count). The Morgan fingerprint density at radius 2 is 1.95 bits per heavy atom. The molecule has 0 saturated carbocycles. The monoisotopic (exact) mass is 284 g/mol. The molecule has 21 heavy (non-hydrogen) atoms. The number of anilines is 1. The Morgan fingerprint density at radius 3 is 2.71 bits per heavy atom. The molecule has 0 aliphatic rings. The molecule has 3 aromatic rings. The van der Waals surface area contributed by atoms with Crippen molar-refractivity contribution in [1.82, 2.24) is 4.57 Å². The molecular formula is C17H17FN2O. The summed E-state index contributed by atoms with van der Waals surface area (Å²) in [6, 6.07) is 14.3. The summed E-state index contributed by atoms with van der Waals surface area (Å²) < 4.78 is 21.3. The van der Waals surface area contributed by atoms with Crippen LogP contribution in [0.5, 0.6) is 5.75 Å². The Balaban J connectivity index is 1.94. The molecule has 3 nitrogen and oxygen atoms in total. The van der Waals surface area contributed by atoms with Gasteiger partial charge in [-0.3, -0.25) is 0 Å². The van der Waals surface area contributed by atoms with Crippen molar-refractivity contribution in [3.05, 3.63) is 60.0 Å². The molecule has 2 N–H and O–H groups in total. The van der Waals surface area contributed by atoms with Crippen LogP contribution in [0.1, 0.15) is 12.6 Å². The maximum Gasteiger partial charge on any atom is 0.165 e. The third kappa shape index (κ3) is 2.44. The van der Waals surface area contributed by atoms with Crippen molar-refractivity contribution in [1.29, 1.82) is 0 Å². The largest absolute Gasteiger partial charge is 0.484 e. The fourth-order valence-corrected chi connectivity index (χ4v) is 2.60. The smallest absolute Gasteiger partial charge is 0.165 e. The van der Waals surface area contributed by atoms with Gasteiger partial charge in [0, 0.05) is 11.9 Å². The lowest BCUT2D eigenvalue weighted by Crippen LogP contribution is -2.06. The summed E-state index contributed by atoms with van der Waals surface area (Å²) >= 11 is 0. The first kappa shape index (κ1) is 13.5. The number of ether oxygens (including phenoxy) is 1. The number of nitrogens with zero attached hydrogens (tertiary/aromatic N) is 1. The first-order chi connectivity index (χ1) is 10.2. The predicted molar refractivity (Wildman–Crippen MR) is 82.8 cm³/mol. The Bertz CT molecular complexity index is 780. The number of hydrogen-bond donors (Lipinski definition) is 1.